The number of amides is 1. The fourth-order valence-corrected chi connectivity index (χ4v) is 2.50. The predicted molar refractivity (Wildman–Crippen MR) is 85.8 cm³/mol. The fourth-order valence-electron chi connectivity index (χ4n) is 1.77. The van der Waals surface area contributed by atoms with E-state index in [0.29, 0.717) is 11.6 Å². The molecule has 1 aromatic carbocycles. The first-order valence-electron chi connectivity index (χ1n) is 6.70. The van der Waals surface area contributed by atoms with Crippen molar-refractivity contribution in [3.63, 3.8) is 0 Å². The smallest absolute Gasteiger partial charge is 0.239 e. The first kappa shape index (κ1) is 17.4. The third kappa shape index (κ3) is 5.69. The van der Waals surface area contributed by atoms with Crippen LogP contribution >= 0.6 is 0 Å². The van der Waals surface area contributed by atoms with E-state index in [1.165, 1.54) is 11.6 Å². The number of rotatable bonds is 7. The van der Waals surface area contributed by atoms with Gasteiger partial charge in [0.15, 0.2) is 0 Å². The van der Waals surface area contributed by atoms with E-state index < -0.39 is 10.0 Å². The molecule has 0 bridgehead atoms. The molecule has 1 aromatic rings. The summed E-state index contributed by atoms with van der Waals surface area (Å²) >= 11 is 0. The standard InChI is InChI=1S/C15H22N2O3S/c1-5-10-17(21(4,19)20)11-15(18)16-14-8-6-13(7-9-14)12(2)3/h5-9,12H,1,10-11H2,2-4H3,(H,16,18). The van der Waals surface area contributed by atoms with E-state index in [-0.39, 0.29) is 19.0 Å². The van der Waals surface area contributed by atoms with Crippen LogP contribution in [0.1, 0.15) is 25.3 Å². The molecule has 1 amide bonds. The van der Waals surface area contributed by atoms with E-state index in [0.717, 1.165) is 10.6 Å². The molecule has 0 radical (unpaired) electrons. The van der Waals surface area contributed by atoms with Crippen LogP contribution in [-0.2, 0) is 14.8 Å². The first-order chi connectivity index (χ1) is 9.74. The Balaban J connectivity index is 2.70. The Morgan fingerprint density at radius 2 is 1.90 bits per heavy atom. The lowest BCUT2D eigenvalue weighted by Gasteiger charge is -2.17. The third-order valence-electron chi connectivity index (χ3n) is 2.98. The van der Waals surface area contributed by atoms with Crippen LogP contribution < -0.4 is 5.32 Å². The average Bonchev–Trinajstić information content (AvgIpc) is 2.37. The summed E-state index contributed by atoms with van der Waals surface area (Å²) in [7, 11) is -3.43. The molecule has 0 saturated heterocycles. The molecule has 5 nitrogen and oxygen atoms in total. The summed E-state index contributed by atoms with van der Waals surface area (Å²) in [6, 6.07) is 7.51. The lowest BCUT2D eigenvalue weighted by molar-refractivity contribution is -0.116. The second kappa shape index (κ2) is 7.38. The molecule has 116 valence electrons. The van der Waals surface area contributed by atoms with Crippen LogP contribution in [0.4, 0.5) is 5.69 Å². The van der Waals surface area contributed by atoms with Gasteiger partial charge in [-0.1, -0.05) is 32.1 Å². The number of sulfonamides is 1. The minimum atomic E-state index is -3.43. The average molecular weight is 310 g/mol. The highest BCUT2D eigenvalue weighted by Gasteiger charge is 2.18. The van der Waals surface area contributed by atoms with Gasteiger partial charge in [-0.25, -0.2) is 8.42 Å². The van der Waals surface area contributed by atoms with Crippen molar-refractivity contribution in [3.05, 3.63) is 42.5 Å². The molecule has 0 saturated carbocycles. The number of carbonyl (C=O) groups excluding carboxylic acids is 1. The van der Waals surface area contributed by atoms with Crippen LogP contribution in [0.25, 0.3) is 0 Å². The third-order valence-corrected chi connectivity index (χ3v) is 4.20. The molecule has 0 aliphatic heterocycles. The van der Waals surface area contributed by atoms with Gasteiger partial charge in [0.2, 0.25) is 15.9 Å². The molecule has 1 N–H and O–H groups in total. The van der Waals surface area contributed by atoms with E-state index in [2.05, 4.69) is 25.7 Å². The van der Waals surface area contributed by atoms with Crippen molar-refractivity contribution in [2.45, 2.75) is 19.8 Å². The Morgan fingerprint density at radius 3 is 2.33 bits per heavy atom. The molecule has 1 rings (SSSR count). The maximum atomic E-state index is 11.9. The highest BCUT2D eigenvalue weighted by atomic mass is 32.2. The number of hydrogen-bond donors (Lipinski definition) is 1. The number of anilines is 1. The van der Waals surface area contributed by atoms with E-state index in [9.17, 15) is 13.2 Å². The molecule has 0 unspecified atom stereocenters. The number of carbonyl (C=O) groups is 1. The molecule has 0 aromatic heterocycles. The summed E-state index contributed by atoms with van der Waals surface area (Å²) in [5.74, 6) is 0.0441. The lowest BCUT2D eigenvalue weighted by Crippen LogP contribution is -2.37. The predicted octanol–water partition coefficient (Wildman–Crippen LogP) is 2.20. The molecule has 6 heteroatoms. The van der Waals surface area contributed by atoms with Crippen LogP contribution in [0, 0.1) is 0 Å². The second-order valence-electron chi connectivity index (χ2n) is 5.17. The van der Waals surface area contributed by atoms with Gasteiger partial charge in [-0.05, 0) is 23.6 Å². The van der Waals surface area contributed by atoms with Crippen molar-refractivity contribution in [1.82, 2.24) is 4.31 Å². The van der Waals surface area contributed by atoms with Crippen molar-refractivity contribution in [3.8, 4) is 0 Å². The largest absolute Gasteiger partial charge is 0.325 e. The quantitative estimate of drug-likeness (QED) is 0.785. The lowest BCUT2D eigenvalue weighted by atomic mass is 10.0. The van der Waals surface area contributed by atoms with Crippen LogP contribution in [-0.4, -0.2) is 38.0 Å². The van der Waals surface area contributed by atoms with Crippen LogP contribution in [0.3, 0.4) is 0 Å². The van der Waals surface area contributed by atoms with Crippen molar-refractivity contribution in [2.24, 2.45) is 0 Å². The van der Waals surface area contributed by atoms with Gasteiger partial charge in [-0.3, -0.25) is 4.79 Å². The summed E-state index contributed by atoms with van der Waals surface area (Å²) in [5, 5.41) is 2.69. The Bertz CT molecular complexity index is 592. The number of nitrogens with zero attached hydrogens (tertiary/aromatic N) is 1. The zero-order chi connectivity index (χ0) is 16.0. The van der Waals surface area contributed by atoms with E-state index in [4.69, 9.17) is 0 Å². The highest BCUT2D eigenvalue weighted by molar-refractivity contribution is 7.88. The molecule has 0 atom stereocenters. The van der Waals surface area contributed by atoms with E-state index in [1.807, 2.05) is 24.3 Å². The monoisotopic (exact) mass is 310 g/mol. The summed E-state index contributed by atoms with van der Waals surface area (Å²) in [6.07, 6.45) is 2.52. The Morgan fingerprint density at radius 1 is 1.33 bits per heavy atom. The molecule has 0 aliphatic rings. The Labute approximate surface area is 126 Å². The molecule has 21 heavy (non-hydrogen) atoms. The Kier molecular flexibility index (Phi) is 6.11. The maximum absolute atomic E-state index is 11.9. The first-order valence-corrected chi connectivity index (χ1v) is 8.54. The fraction of sp³-hybridized carbons (Fsp3) is 0.400. The van der Waals surface area contributed by atoms with E-state index >= 15 is 0 Å². The van der Waals surface area contributed by atoms with Crippen LogP contribution in [0.15, 0.2) is 36.9 Å². The number of benzene rings is 1. The van der Waals surface area contributed by atoms with Crippen molar-refractivity contribution >= 4 is 21.6 Å². The van der Waals surface area contributed by atoms with Gasteiger partial charge in [0.05, 0.1) is 12.8 Å². The Hall–Kier alpha value is -1.66. The normalized spacial score (nSPS) is 11.7. The molecule has 0 aliphatic carbocycles. The van der Waals surface area contributed by atoms with Gasteiger partial charge in [-0.15, -0.1) is 6.58 Å². The van der Waals surface area contributed by atoms with Gasteiger partial charge < -0.3 is 5.32 Å². The minimum absolute atomic E-state index is 0.110. The second-order valence-corrected chi connectivity index (χ2v) is 7.15. The summed E-state index contributed by atoms with van der Waals surface area (Å²) in [5.41, 5.74) is 1.83. The van der Waals surface area contributed by atoms with Crippen LogP contribution in [0.2, 0.25) is 0 Å². The van der Waals surface area contributed by atoms with Gasteiger partial charge in [-0.2, -0.15) is 4.31 Å². The summed E-state index contributed by atoms with van der Waals surface area (Å²) in [6.45, 7) is 7.56. The molecular formula is C15H22N2O3S. The van der Waals surface area contributed by atoms with E-state index in [1.54, 1.807) is 0 Å². The number of hydrogen-bond acceptors (Lipinski definition) is 3. The zero-order valence-corrected chi connectivity index (χ0v) is 13.5. The zero-order valence-electron chi connectivity index (χ0n) is 12.7. The van der Waals surface area contributed by atoms with Gasteiger partial charge in [0.1, 0.15) is 0 Å². The van der Waals surface area contributed by atoms with Crippen molar-refractivity contribution in [1.29, 1.82) is 0 Å². The number of nitrogens with one attached hydrogen (secondary N) is 1. The topological polar surface area (TPSA) is 66.5 Å². The SMILES string of the molecule is C=CCN(CC(=O)Nc1ccc(C(C)C)cc1)S(C)(=O)=O. The molecule has 0 heterocycles. The van der Waals surface area contributed by atoms with Crippen LogP contribution in [0.5, 0.6) is 0 Å². The van der Waals surface area contributed by atoms with Gasteiger partial charge >= 0.3 is 0 Å². The van der Waals surface area contributed by atoms with Gasteiger partial charge in [0, 0.05) is 12.2 Å². The molecule has 0 spiro atoms. The summed E-state index contributed by atoms with van der Waals surface area (Å²) in [4.78, 5) is 11.9. The minimum Gasteiger partial charge on any atom is -0.325 e. The molecular weight excluding hydrogens is 288 g/mol. The van der Waals surface area contributed by atoms with Gasteiger partial charge in [0.25, 0.3) is 0 Å². The maximum Gasteiger partial charge on any atom is 0.239 e. The summed E-state index contributed by atoms with van der Waals surface area (Å²) < 4.78 is 24.1. The molecule has 0 fully saturated rings. The van der Waals surface area contributed by atoms with Crippen molar-refractivity contribution in [2.75, 3.05) is 24.7 Å². The highest BCUT2D eigenvalue weighted by Crippen LogP contribution is 2.17. The van der Waals surface area contributed by atoms with Crippen molar-refractivity contribution < 1.29 is 13.2 Å².